The second-order valence-electron chi connectivity index (χ2n) is 5.94. The van der Waals surface area contributed by atoms with Crippen molar-refractivity contribution in [2.24, 2.45) is 0 Å². The van der Waals surface area contributed by atoms with Gasteiger partial charge in [-0.15, -0.1) is 5.56 Å². The first-order chi connectivity index (χ1) is 10.4. The van der Waals surface area contributed by atoms with Crippen LogP contribution in [0.3, 0.4) is 0 Å². The molecule has 0 aliphatic carbocycles. The van der Waals surface area contributed by atoms with Crippen molar-refractivity contribution >= 4 is 27.6 Å². The Morgan fingerprint density at radius 2 is 2.27 bits per heavy atom. The minimum atomic E-state index is -0.334. The summed E-state index contributed by atoms with van der Waals surface area (Å²) in [5.41, 5.74) is 1.81. The van der Waals surface area contributed by atoms with Crippen LogP contribution in [0.5, 0.6) is 0 Å². The molecule has 0 radical (unpaired) electrons. The van der Waals surface area contributed by atoms with Crippen LogP contribution >= 0.6 is 15.9 Å². The molecule has 2 atom stereocenters. The molecule has 0 bridgehead atoms. The summed E-state index contributed by atoms with van der Waals surface area (Å²) in [5.74, 6) is -0.237. The Labute approximate surface area is 136 Å². The number of nitro benzene ring substituents is 1. The van der Waals surface area contributed by atoms with Crippen LogP contribution in [-0.2, 0) is 16.0 Å². The summed E-state index contributed by atoms with van der Waals surface area (Å²) < 4.78 is 6.25. The van der Waals surface area contributed by atoms with E-state index in [-0.39, 0.29) is 22.6 Å². The zero-order valence-electron chi connectivity index (χ0n) is 12.5. The van der Waals surface area contributed by atoms with E-state index in [1.807, 2.05) is 7.05 Å². The predicted octanol–water partition coefficient (Wildman–Crippen LogP) is 2.58. The van der Waals surface area contributed by atoms with Gasteiger partial charge in [-0.25, -0.2) is 4.79 Å². The summed E-state index contributed by atoms with van der Waals surface area (Å²) >= 11 is 3.50. The van der Waals surface area contributed by atoms with E-state index in [4.69, 9.17) is 4.74 Å². The van der Waals surface area contributed by atoms with E-state index in [1.165, 1.54) is 13.2 Å². The topological polar surface area (TPSA) is 69.4 Å². The quantitative estimate of drug-likeness (QED) is 0.264. The smallest absolute Gasteiger partial charge is 0.364 e. The Morgan fingerprint density at radius 1 is 1.55 bits per heavy atom. The first-order valence-corrected chi connectivity index (χ1v) is 7.95. The molecular formula is C15H17BrN2O4. The fourth-order valence-electron chi connectivity index (χ4n) is 3.83. The Morgan fingerprint density at radius 3 is 2.91 bits per heavy atom. The summed E-state index contributed by atoms with van der Waals surface area (Å²) in [6.45, 7) is 0.752. The number of fused-ring (bicyclic) bond motifs is 3. The number of hydrogen-bond acceptors (Lipinski definition) is 4. The fourth-order valence-corrected chi connectivity index (χ4v) is 4.36. The van der Waals surface area contributed by atoms with Gasteiger partial charge in [0.1, 0.15) is 0 Å². The molecule has 3 rings (SSSR count). The Hall–Kier alpha value is -1.60. The van der Waals surface area contributed by atoms with E-state index in [1.54, 1.807) is 6.07 Å². The van der Waals surface area contributed by atoms with Crippen LogP contribution in [0.1, 0.15) is 24.0 Å². The third kappa shape index (κ3) is 2.03. The zero-order chi connectivity index (χ0) is 16.1. The average Bonchev–Trinajstić information content (AvgIpc) is 2.84. The van der Waals surface area contributed by atoms with Gasteiger partial charge in [0.25, 0.3) is 0 Å². The number of halogens is 1. The van der Waals surface area contributed by atoms with Gasteiger partial charge in [0, 0.05) is 17.4 Å². The number of esters is 1. The predicted molar refractivity (Wildman–Crippen MR) is 82.9 cm³/mol. The zero-order valence-corrected chi connectivity index (χ0v) is 14.1. The molecule has 1 saturated heterocycles. The molecule has 1 aromatic rings. The Bertz CT molecular complexity index is 663. The molecule has 2 unspecified atom stereocenters. The first-order valence-electron chi connectivity index (χ1n) is 7.15. The lowest BCUT2D eigenvalue weighted by Crippen LogP contribution is -2.56. The van der Waals surface area contributed by atoms with E-state index in [9.17, 15) is 14.9 Å². The number of hydrogen-bond donors (Lipinski definition) is 0. The van der Waals surface area contributed by atoms with Crippen LogP contribution in [0.25, 0.3) is 0 Å². The van der Waals surface area contributed by atoms with Crippen molar-refractivity contribution in [2.75, 3.05) is 20.7 Å². The highest BCUT2D eigenvalue weighted by molar-refractivity contribution is 9.10. The SMILES string of the molecule is COC(=O)C1CC[C-]2c3c([N+](=O)[O-])ccc(Br)c3CC[N+]21C. The monoisotopic (exact) mass is 368 g/mol. The normalized spacial score (nSPS) is 26.3. The molecule has 22 heavy (non-hydrogen) atoms. The minimum absolute atomic E-state index is 0.128. The number of carbonyl (C=O) groups is 1. The summed E-state index contributed by atoms with van der Waals surface area (Å²) in [6.07, 6.45) is 2.05. The van der Waals surface area contributed by atoms with Crippen LogP contribution in [0.15, 0.2) is 16.6 Å². The summed E-state index contributed by atoms with van der Waals surface area (Å²) in [4.78, 5) is 23.2. The van der Waals surface area contributed by atoms with Crippen molar-refractivity contribution < 1.29 is 18.9 Å². The summed E-state index contributed by atoms with van der Waals surface area (Å²) in [6, 6.07) is 3.98. The minimum Gasteiger partial charge on any atom is -0.465 e. The van der Waals surface area contributed by atoms with E-state index in [0.29, 0.717) is 29.3 Å². The number of ether oxygens (including phenoxy) is 1. The molecule has 0 saturated carbocycles. The second-order valence-corrected chi connectivity index (χ2v) is 6.80. The molecule has 2 aliphatic rings. The number of rotatable bonds is 2. The standard InChI is InChI=1S/C15H17BrN2O4/c1-18-8-7-9-10(16)3-4-11(17(20)21)14(9)12(18)5-6-13(18)15(19)22-2/h3-4,13H,5-8H2,1-2H3. The molecule has 2 aliphatic heterocycles. The lowest BCUT2D eigenvalue weighted by atomic mass is 9.89. The molecule has 1 fully saturated rings. The molecule has 2 heterocycles. The van der Waals surface area contributed by atoms with Gasteiger partial charge in [-0.3, -0.25) is 10.1 Å². The van der Waals surface area contributed by atoms with E-state index in [0.717, 1.165) is 22.6 Å². The highest BCUT2D eigenvalue weighted by Gasteiger charge is 2.51. The number of benzene rings is 1. The van der Waals surface area contributed by atoms with Crippen LogP contribution < -0.4 is 0 Å². The Balaban J connectivity index is 2.14. The number of quaternary nitrogens is 1. The van der Waals surface area contributed by atoms with Crippen LogP contribution in [0, 0.1) is 16.2 Å². The van der Waals surface area contributed by atoms with Crippen LogP contribution in [0.4, 0.5) is 5.69 Å². The van der Waals surface area contributed by atoms with Crippen molar-refractivity contribution in [1.29, 1.82) is 0 Å². The van der Waals surface area contributed by atoms with Gasteiger partial charge >= 0.3 is 5.97 Å². The number of methoxy groups -OCH3 is 1. The maximum Gasteiger partial charge on any atom is 0.364 e. The molecule has 0 N–H and O–H groups in total. The summed E-state index contributed by atoms with van der Waals surface area (Å²) in [7, 11) is 3.38. The van der Waals surface area contributed by atoms with Crippen molar-refractivity contribution in [3.8, 4) is 0 Å². The second kappa shape index (κ2) is 5.24. The molecule has 6 nitrogen and oxygen atoms in total. The number of nitrogens with zero attached hydrogens (tertiary/aromatic N) is 2. The number of likely N-dealkylation sites (N-methyl/N-ethyl adjacent to an activating group) is 1. The van der Waals surface area contributed by atoms with Crippen molar-refractivity contribution in [1.82, 2.24) is 0 Å². The third-order valence-electron chi connectivity index (χ3n) is 4.98. The van der Waals surface area contributed by atoms with Gasteiger partial charge in [-0.1, -0.05) is 27.6 Å². The van der Waals surface area contributed by atoms with Gasteiger partial charge in [-0.05, 0) is 23.4 Å². The lowest BCUT2D eigenvalue weighted by Gasteiger charge is -2.48. The average molecular weight is 369 g/mol. The van der Waals surface area contributed by atoms with Gasteiger partial charge in [0.15, 0.2) is 11.7 Å². The highest BCUT2D eigenvalue weighted by Crippen LogP contribution is 2.50. The number of nitro groups is 1. The fraction of sp³-hybridized carbons (Fsp3) is 0.467. The first kappa shape index (κ1) is 15.3. The van der Waals surface area contributed by atoms with E-state index >= 15 is 0 Å². The van der Waals surface area contributed by atoms with E-state index in [2.05, 4.69) is 15.9 Å². The van der Waals surface area contributed by atoms with Crippen LogP contribution in [0.2, 0.25) is 0 Å². The van der Waals surface area contributed by atoms with Crippen molar-refractivity contribution in [3.05, 3.63) is 43.9 Å². The van der Waals surface area contributed by atoms with Crippen molar-refractivity contribution in [2.45, 2.75) is 25.3 Å². The maximum absolute atomic E-state index is 12.1. The molecule has 0 spiro atoms. The maximum atomic E-state index is 12.1. The molecule has 0 aromatic heterocycles. The lowest BCUT2D eigenvalue weighted by molar-refractivity contribution is -0.900. The van der Waals surface area contributed by atoms with Crippen molar-refractivity contribution in [3.63, 3.8) is 0 Å². The summed E-state index contributed by atoms with van der Waals surface area (Å²) in [5, 5.41) is 11.4. The van der Waals surface area contributed by atoms with Gasteiger partial charge in [-0.2, -0.15) is 0 Å². The third-order valence-corrected chi connectivity index (χ3v) is 5.72. The molecule has 7 heteroatoms. The van der Waals surface area contributed by atoms with Crippen LogP contribution in [-0.4, -0.2) is 42.1 Å². The number of carbonyl (C=O) groups excluding carboxylic acids is 1. The van der Waals surface area contributed by atoms with E-state index < -0.39 is 0 Å². The Kier molecular flexibility index (Phi) is 3.65. The highest BCUT2D eigenvalue weighted by atomic mass is 79.9. The molecule has 1 aromatic carbocycles. The largest absolute Gasteiger partial charge is 0.465 e. The van der Waals surface area contributed by atoms with Gasteiger partial charge in [0.05, 0.1) is 20.7 Å². The van der Waals surface area contributed by atoms with Gasteiger partial charge < -0.3 is 9.22 Å². The molecule has 118 valence electrons. The van der Waals surface area contributed by atoms with Gasteiger partial charge in [0.2, 0.25) is 0 Å². The molecular weight excluding hydrogens is 352 g/mol. The molecule has 0 amide bonds.